The second-order valence-corrected chi connectivity index (χ2v) is 7.39. The summed E-state index contributed by atoms with van der Waals surface area (Å²) in [6.07, 6.45) is 4.93. The Morgan fingerprint density at radius 2 is 1.96 bits per heavy atom. The van der Waals surface area contributed by atoms with Gasteiger partial charge in [-0.3, -0.25) is 4.57 Å². The van der Waals surface area contributed by atoms with E-state index in [0.29, 0.717) is 22.8 Å². The maximum atomic E-state index is 6.10. The van der Waals surface area contributed by atoms with Crippen molar-refractivity contribution in [2.24, 2.45) is 5.92 Å². The topological polar surface area (TPSA) is 71.3 Å². The predicted octanol–water partition coefficient (Wildman–Crippen LogP) is 2.03. The highest BCUT2D eigenvalue weighted by Crippen LogP contribution is 2.43. The molecule has 4 heterocycles. The van der Waals surface area contributed by atoms with E-state index in [2.05, 4.69) is 26.8 Å². The molecule has 3 aliphatic rings. The van der Waals surface area contributed by atoms with Crippen LogP contribution in [0.4, 0.5) is 0 Å². The van der Waals surface area contributed by atoms with Gasteiger partial charge in [-0.25, -0.2) is 15.0 Å². The molecule has 0 amide bonds. The van der Waals surface area contributed by atoms with Gasteiger partial charge in [-0.15, -0.1) is 0 Å². The quantitative estimate of drug-likeness (QED) is 0.740. The van der Waals surface area contributed by atoms with E-state index in [-0.39, 0.29) is 24.5 Å². The van der Waals surface area contributed by atoms with Crippen LogP contribution in [0, 0.1) is 17.8 Å². The molecule has 0 bridgehead atoms. The summed E-state index contributed by atoms with van der Waals surface area (Å²) in [5.74, 6) is 6.28. The Labute approximate surface area is 145 Å². The Hall–Kier alpha value is -2.01. The van der Waals surface area contributed by atoms with Gasteiger partial charge in [0.15, 0.2) is 17.7 Å². The zero-order valence-corrected chi connectivity index (χ0v) is 14.5. The molecule has 2 aromatic rings. The van der Waals surface area contributed by atoms with Crippen LogP contribution in [-0.4, -0.2) is 43.6 Å². The molecule has 2 aliphatic heterocycles. The van der Waals surface area contributed by atoms with Gasteiger partial charge >= 0.3 is 0 Å². The Kier molecular flexibility index (Phi) is 3.20. The van der Waals surface area contributed by atoms with Crippen LogP contribution in [0.15, 0.2) is 12.7 Å². The molecule has 130 valence electrons. The van der Waals surface area contributed by atoms with E-state index in [1.54, 1.807) is 6.33 Å². The molecule has 4 unspecified atom stereocenters. The lowest BCUT2D eigenvalue weighted by Crippen LogP contribution is -2.27. The SMILES string of the molecule is CC1OC(n2cnc3c(C#CC4CC4)ncnc32)C2OC(C)(C)OC12. The first-order chi connectivity index (χ1) is 12.0. The van der Waals surface area contributed by atoms with Crippen LogP contribution in [0.3, 0.4) is 0 Å². The van der Waals surface area contributed by atoms with Crippen molar-refractivity contribution in [3.05, 3.63) is 18.3 Å². The summed E-state index contributed by atoms with van der Waals surface area (Å²) in [6, 6.07) is 0. The second kappa shape index (κ2) is 5.24. The van der Waals surface area contributed by atoms with Gasteiger partial charge in [-0.2, -0.15) is 0 Å². The van der Waals surface area contributed by atoms with Crippen LogP contribution in [0.2, 0.25) is 0 Å². The summed E-state index contributed by atoms with van der Waals surface area (Å²) in [5, 5.41) is 0. The van der Waals surface area contributed by atoms with Crippen LogP contribution >= 0.6 is 0 Å². The smallest absolute Gasteiger partial charge is 0.166 e. The van der Waals surface area contributed by atoms with Gasteiger partial charge in [0.05, 0.1) is 12.4 Å². The van der Waals surface area contributed by atoms with E-state index < -0.39 is 5.79 Å². The number of fused-ring (bicyclic) bond motifs is 2. The number of imidazole rings is 1. The first-order valence-corrected chi connectivity index (χ1v) is 8.72. The van der Waals surface area contributed by atoms with Crippen LogP contribution in [0.5, 0.6) is 0 Å². The molecule has 7 nitrogen and oxygen atoms in total. The molecule has 0 radical (unpaired) electrons. The first kappa shape index (κ1) is 15.3. The van der Waals surface area contributed by atoms with E-state index in [1.165, 1.54) is 19.2 Å². The van der Waals surface area contributed by atoms with E-state index in [0.717, 1.165) is 0 Å². The highest BCUT2D eigenvalue weighted by molar-refractivity contribution is 5.76. The minimum atomic E-state index is -0.613. The van der Waals surface area contributed by atoms with Crippen LogP contribution in [0.25, 0.3) is 11.2 Å². The van der Waals surface area contributed by atoms with Crippen LogP contribution < -0.4 is 0 Å². The summed E-state index contributed by atoms with van der Waals surface area (Å²) in [4.78, 5) is 13.2. The molecular weight excluding hydrogens is 320 g/mol. The highest BCUT2D eigenvalue weighted by Gasteiger charge is 2.54. The lowest BCUT2D eigenvalue weighted by Gasteiger charge is -2.23. The first-order valence-electron chi connectivity index (χ1n) is 8.72. The van der Waals surface area contributed by atoms with Gasteiger partial charge in [0.1, 0.15) is 29.7 Å². The normalized spacial score (nSPS) is 33.2. The molecule has 1 aliphatic carbocycles. The van der Waals surface area contributed by atoms with Gasteiger partial charge in [0.25, 0.3) is 0 Å². The van der Waals surface area contributed by atoms with Gasteiger partial charge in [-0.05, 0) is 39.5 Å². The summed E-state index contributed by atoms with van der Waals surface area (Å²) in [5.41, 5.74) is 2.08. The van der Waals surface area contributed by atoms with Gasteiger partial charge in [-0.1, -0.05) is 5.92 Å². The number of rotatable bonds is 1. The molecular formula is C18H20N4O3. The molecule has 0 N–H and O–H groups in total. The minimum absolute atomic E-state index is 0.0646. The largest absolute Gasteiger partial charge is 0.349 e. The zero-order chi connectivity index (χ0) is 17.2. The van der Waals surface area contributed by atoms with E-state index in [9.17, 15) is 0 Å². The molecule has 2 aromatic heterocycles. The van der Waals surface area contributed by atoms with Gasteiger partial charge in [0, 0.05) is 5.92 Å². The standard InChI is InChI=1S/C18H20N4O3/c1-10-14-15(25-18(2,3)24-14)17(23-10)22-9-21-13-12(7-6-11-4-5-11)19-8-20-16(13)22/h8-11,14-15,17H,4-5H2,1-3H3. The van der Waals surface area contributed by atoms with Crippen molar-refractivity contribution in [1.82, 2.24) is 19.5 Å². The number of aromatic nitrogens is 4. The van der Waals surface area contributed by atoms with Crippen molar-refractivity contribution < 1.29 is 14.2 Å². The number of hydrogen-bond donors (Lipinski definition) is 0. The molecule has 25 heavy (non-hydrogen) atoms. The minimum Gasteiger partial charge on any atom is -0.349 e. The third-order valence-electron chi connectivity index (χ3n) is 4.87. The maximum absolute atomic E-state index is 6.10. The van der Waals surface area contributed by atoms with Crippen molar-refractivity contribution in [3.8, 4) is 11.8 Å². The molecule has 4 atom stereocenters. The Morgan fingerprint density at radius 3 is 2.76 bits per heavy atom. The maximum Gasteiger partial charge on any atom is 0.166 e. The zero-order valence-electron chi connectivity index (χ0n) is 14.5. The van der Waals surface area contributed by atoms with Crippen molar-refractivity contribution >= 4 is 11.2 Å². The Bertz CT molecular complexity index is 893. The van der Waals surface area contributed by atoms with Gasteiger partial charge < -0.3 is 14.2 Å². The summed E-state index contributed by atoms with van der Waals surface area (Å²) in [6.45, 7) is 5.85. The third kappa shape index (κ3) is 2.53. The van der Waals surface area contributed by atoms with Crippen molar-refractivity contribution in [2.45, 2.75) is 63.9 Å². The molecule has 7 heteroatoms. The lowest BCUT2D eigenvalue weighted by molar-refractivity contribution is -0.194. The molecule has 0 aromatic carbocycles. The summed E-state index contributed by atoms with van der Waals surface area (Å²) >= 11 is 0. The lowest BCUT2D eigenvalue weighted by atomic mass is 10.1. The summed E-state index contributed by atoms with van der Waals surface area (Å²) in [7, 11) is 0. The number of hydrogen-bond acceptors (Lipinski definition) is 6. The fourth-order valence-corrected chi connectivity index (χ4v) is 3.53. The Morgan fingerprint density at radius 1 is 1.16 bits per heavy atom. The fourth-order valence-electron chi connectivity index (χ4n) is 3.53. The van der Waals surface area contributed by atoms with Crippen molar-refractivity contribution in [1.29, 1.82) is 0 Å². The molecule has 2 saturated heterocycles. The average molecular weight is 340 g/mol. The van der Waals surface area contributed by atoms with Crippen LogP contribution in [0.1, 0.15) is 45.5 Å². The molecule has 5 rings (SSSR count). The Balaban J connectivity index is 1.53. The predicted molar refractivity (Wildman–Crippen MR) is 88.3 cm³/mol. The summed E-state index contributed by atoms with van der Waals surface area (Å²) < 4.78 is 20.1. The van der Waals surface area contributed by atoms with E-state index in [1.807, 2.05) is 25.3 Å². The number of nitrogens with zero attached hydrogens (tertiary/aromatic N) is 4. The van der Waals surface area contributed by atoms with Crippen molar-refractivity contribution in [3.63, 3.8) is 0 Å². The average Bonchev–Trinajstić information content (AvgIpc) is 3.11. The monoisotopic (exact) mass is 340 g/mol. The fraction of sp³-hybridized carbons (Fsp3) is 0.611. The molecule has 1 saturated carbocycles. The van der Waals surface area contributed by atoms with Gasteiger partial charge in [0.2, 0.25) is 0 Å². The second-order valence-electron chi connectivity index (χ2n) is 7.39. The van der Waals surface area contributed by atoms with Crippen LogP contribution in [-0.2, 0) is 14.2 Å². The van der Waals surface area contributed by atoms with Crippen molar-refractivity contribution in [2.75, 3.05) is 0 Å². The molecule has 3 fully saturated rings. The molecule has 0 spiro atoms. The highest BCUT2D eigenvalue weighted by atomic mass is 16.8. The van der Waals surface area contributed by atoms with E-state index >= 15 is 0 Å². The van der Waals surface area contributed by atoms with E-state index in [4.69, 9.17) is 14.2 Å². The third-order valence-corrected chi connectivity index (χ3v) is 4.87. The number of ether oxygens (including phenoxy) is 3.